The first kappa shape index (κ1) is 177. The molecule has 0 aromatic heterocycles. The van der Waals surface area contributed by atoms with Crippen LogP contribution in [0.4, 0.5) is 0 Å². The maximum atomic E-state index is 0. The van der Waals surface area contributed by atoms with Gasteiger partial charge in [-0.15, -0.1) is 0 Å². The van der Waals surface area contributed by atoms with Crippen molar-refractivity contribution in [1.82, 2.24) is 0 Å². The van der Waals surface area contributed by atoms with Gasteiger partial charge in [0.25, 0.3) is 0 Å². The molecule has 0 bridgehead atoms. The first-order valence-electron chi connectivity index (χ1n) is 0. The van der Waals surface area contributed by atoms with E-state index in [9.17, 15) is 0 Å². The third-order valence-corrected chi connectivity index (χ3v) is 0. The van der Waals surface area contributed by atoms with Crippen LogP contribution >= 0.6 is 0 Å². The molecule has 5 heavy (non-hydrogen) atoms. The molecule has 5 heteroatoms. The molecule has 0 fully saturated rings. The van der Waals surface area contributed by atoms with E-state index in [0.29, 0.717) is 0 Å². The second kappa shape index (κ2) is 93.1. The van der Waals surface area contributed by atoms with Gasteiger partial charge in [-0.05, 0) is 0 Å². The van der Waals surface area contributed by atoms with Gasteiger partial charge in [-0.1, -0.05) is 0 Å². The van der Waals surface area contributed by atoms with Gasteiger partial charge in [0.1, 0.15) is 0 Å². The molecule has 36 valence electrons. The fourth-order valence-corrected chi connectivity index (χ4v) is 0. The normalized spacial score (nSPS) is 0. The second-order valence-electron chi connectivity index (χ2n) is 0. The summed E-state index contributed by atoms with van der Waals surface area (Å²) in [6, 6.07) is 0. The third kappa shape index (κ3) is 51.4. The van der Waals surface area contributed by atoms with Crippen LogP contribution in [0, 0.1) is 31.1 Å². The molecule has 0 aliphatic rings. The van der Waals surface area contributed by atoms with Gasteiger partial charge in [0.2, 0.25) is 0 Å². The van der Waals surface area contributed by atoms with Crippen LogP contribution in [0.2, 0.25) is 0 Å². The monoisotopic (exact) mass is 304 g/mol. The van der Waals surface area contributed by atoms with Crippen molar-refractivity contribution in [2.75, 3.05) is 0 Å². The van der Waals surface area contributed by atoms with E-state index in [1.54, 1.807) is 0 Å². The Morgan fingerprint density at radius 2 is 0.600 bits per heavy atom. The Hall–Kier alpha value is 0.892. The number of rotatable bonds is 0. The molecule has 0 rings (SSSR count). The first-order chi connectivity index (χ1) is 0. The molecule has 0 saturated carbocycles. The smallest absolute Gasteiger partial charge is 0 e. The van der Waals surface area contributed by atoms with Crippen LogP contribution in [0.3, 0.4) is 0 Å². The van der Waals surface area contributed by atoms with Crippen molar-refractivity contribution in [3.8, 4) is 0 Å². The fourth-order valence-electron chi connectivity index (χ4n) is 0. The van der Waals surface area contributed by atoms with E-state index in [4.69, 9.17) is 0 Å². The van der Waals surface area contributed by atoms with Crippen LogP contribution in [0.1, 0.15) is 0 Å². The summed E-state index contributed by atoms with van der Waals surface area (Å²) in [7, 11) is 0. The predicted octanol–water partition coefficient (Wildman–Crippen LogP) is -1.18. The molecular weight excluding hydrogens is 302 g/mol. The quantitative estimate of drug-likeness (QED) is 0.535. The van der Waals surface area contributed by atoms with E-state index < -0.39 is 0 Å². The summed E-state index contributed by atoms with van der Waals surface area (Å²) < 4.78 is 0. The third-order valence-electron chi connectivity index (χ3n) is 0. The summed E-state index contributed by atoms with van der Waals surface area (Å²) >= 11 is 0. The summed E-state index contributed by atoms with van der Waals surface area (Å²) in [6.07, 6.45) is 0. The van der Waals surface area contributed by atoms with Gasteiger partial charge < -0.3 is 21.9 Å². The Balaban J connectivity index is 0. The zero-order valence-electron chi connectivity index (χ0n) is 2.22. The Bertz CT molecular complexity index is 3.61. The van der Waals surface area contributed by atoms with Crippen LogP contribution in [-0.2, 0) is 16.4 Å². The molecule has 0 saturated heterocycles. The molecule has 0 aliphatic heterocycles. The van der Waals surface area contributed by atoms with Crippen molar-refractivity contribution in [2.24, 2.45) is 0 Å². The molecule has 0 unspecified atom stereocenters. The van der Waals surface area contributed by atoms with Gasteiger partial charge in [-0.3, -0.25) is 0 Å². The first-order valence-corrected chi connectivity index (χ1v) is 0. The van der Waals surface area contributed by atoms with Crippen molar-refractivity contribution < 1.29 is 53.0 Å². The average molecular weight is 304 g/mol. The molecule has 0 amide bonds. The number of hydrogen-bond acceptors (Lipinski definition) is 0. The Morgan fingerprint density at radius 1 is 0.600 bits per heavy atom. The standard InChI is InChI=1S/H2O.3O.U/h1H2;;;;/q;3*-2;. The van der Waals surface area contributed by atoms with Crippen LogP contribution in [0.25, 0.3) is 0 Å². The van der Waals surface area contributed by atoms with Crippen LogP contribution in [-0.4, -0.2) is 5.48 Å². The van der Waals surface area contributed by atoms with E-state index in [0.717, 1.165) is 0 Å². The summed E-state index contributed by atoms with van der Waals surface area (Å²) in [5.74, 6) is 0. The van der Waals surface area contributed by atoms with E-state index in [1.807, 2.05) is 0 Å². The summed E-state index contributed by atoms with van der Waals surface area (Å²) in [6.45, 7) is 0. The van der Waals surface area contributed by atoms with Gasteiger partial charge in [-0.25, -0.2) is 0 Å². The van der Waals surface area contributed by atoms with Crippen LogP contribution in [0.5, 0.6) is 0 Å². The molecule has 0 radical (unpaired) electrons. The summed E-state index contributed by atoms with van der Waals surface area (Å²) in [4.78, 5) is 0. The Kier molecular flexibility index (Phi) is 3300. The molecule has 0 spiro atoms. The summed E-state index contributed by atoms with van der Waals surface area (Å²) in [5.41, 5.74) is 0. The summed E-state index contributed by atoms with van der Waals surface area (Å²) in [5, 5.41) is 0. The zero-order chi connectivity index (χ0) is 0. The zero-order valence-corrected chi connectivity index (χ0v) is 6.39. The van der Waals surface area contributed by atoms with E-state index >= 15 is 0 Å². The minimum atomic E-state index is 0. The predicted molar refractivity (Wildman–Crippen MR) is 5.67 cm³/mol. The molecule has 2 N–H and O–H groups in total. The van der Waals surface area contributed by atoms with E-state index in [-0.39, 0.29) is 53.0 Å². The minimum absolute atomic E-state index is 0. The SMILES string of the molecule is O.[O-2].[O-2].[O-2].[U]. The van der Waals surface area contributed by atoms with E-state index in [1.165, 1.54) is 0 Å². The maximum absolute atomic E-state index is 0. The topological polar surface area (TPSA) is 117 Å². The average Bonchev–Trinajstić information content (AvgIpc) is 0. The van der Waals surface area contributed by atoms with Crippen molar-refractivity contribution in [1.29, 1.82) is 0 Å². The molecule has 0 atom stereocenters. The van der Waals surface area contributed by atoms with Gasteiger partial charge in [0, 0.05) is 31.1 Å². The van der Waals surface area contributed by atoms with Gasteiger partial charge in [-0.2, -0.15) is 0 Å². The van der Waals surface area contributed by atoms with Crippen LogP contribution in [0.15, 0.2) is 0 Å². The van der Waals surface area contributed by atoms with Crippen molar-refractivity contribution in [2.45, 2.75) is 0 Å². The molecule has 0 aromatic rings. The minimum Gasteiger partial charge on any atom is -2.00 e. The Morgan fingerprint density at radius 3 is 0.600 bits per heavy atom. The van der Waals surface area contributed by atoms with Gasteiger partial charge in [0.15, 0.2) is 0 Å². The van der Waals surface area contributed by atoms with Crippen molar-refractivity contribution in [3.05, 3.63) is 0 Å². The van der Waals surface area contributed by atoms with Crippen molar-refractivity contribution >= 4 is 0 Å². The van der Waals surface area contributed by atoms with Crippen LogP contribution < -0.4 is 0 Å². The Labute approximate surface area is 53.2 Å². The molecule has 4 nitrogen and oxygen atoms in total. The molecule has 0 aromatic carbocycles. The second-order valence-corrected chi connectivity index (χ2v) is 0. The number of hydrogen-bond donors (Lipinski definition) is 0. The van der Waals surface area contributed by atoms with Gasteiger partial charge in [0.05, 0.1) is 0 Å². The van der Waals surface area contributed by atoms with Gasteiger partial charge >= 0.3 is 0 Å². The molecule has 0 heterocycles. The van der Waals surface area contributed by atoms with Crippen molar-refractivity contribution in [3.63, 3.8) is 0 Å². The fraction of sp³-hybridized carbons (Fsp3) is 0. The largest absolute Gasteiger partial charge is 2.00 e. The van der Waals surface area contributed by atoms with E-state index in [2.05, 4.69) is 0 Å². The molecule has 0 aliphatic carbocycles. The maximum Gasteiger partial charge on any atom is 0 e. The molecular formula is H2O4U-6.